The number of nitrogens with one attached hydrogen (secondary N) is 2. The van der Waals surface area contributed by atoms with Gasteiger partial charge in [0.2, 0.25) is 5.95 Å². The molecular weight excluding hydrogens is 346 g/mol. The largest absolute Gasteiger partial charge is 0.573 e. The van der Waals surface area contributed by atoms with Gasteiger partial charge in [0.1, 0.15) is 11.6 Å². The predicted molar refractivity (Wildman–Crippen MR) is 79.4 cm³/mol. The van der Waals surface area contributed by atoms with Gasteiger partial charge in [0, 0.05) is 11.8 Å². The van der Waals surface area contributed by atoms with Gasteiger partial charge >= 0.3 is 12.3 Å². The van der Waals surface area contributed by atoms with Crippen molar-refractivity contribution < 1.29 is 32.2 Å². The monoisotopic (exact) mass is 355 g/mol. The number of hydrogen-bond donors (Lipinski definition) is 3. The Morgan fingerprint density at radius 1 is 1.20 bits per heavy atom. The molecule has 130 valence electrons. The van der Waals surface area contributed by atoms with Gasteiger partial charge in [-0.25, -0.2) is 14.2 Å². The highest BCUT2D eigenvalue weighted by Gasteiger charge is 2.30. The molecule has 25 heavy (non-hydrogen) atoms. The number of aromatic amines is 1. The Morgan fingerprint density at radius 3 is 2.48 bits per heavy atom. The van der Waals surface area contributed by atoms with Gasteiger partial charge < -0.3 is 20.1 Å². The second kappa shape index (κ2) is 5.96. The van der Waals surface area contributed by atoms with Crippen molar-refractivity contribution in [3.63, 3.8) is 0 Å². The first-order valence-electron chi connectivity index (χ1n) is 6.77. The van der Waals surface area contributed by atoms with E-state index < -0.39 is 23.7 Å². The number of halogens is 4. The zero-order valence-electron chi connectivity index (χ0n) is 12.2. The Labute approximate surface area is 137 Å². The number of aromatic nitrogens is 2. The van der Waals surface area contributed by atoms with E-state index in [1.165, 1.54) is 12.1 Å². The third-order valence-corrected chi connectivity index (χ3v) is 3.15. The van der Waals surface area contributed by atoms with Crippen LogP contribution < -0.4 is 10.1 Å². The van der Waals surface area contributed by atoms with Gasteiger partial charge in [-0.15, -0.1) is 13.2 Å². The Kier molecular flexibility index (Phi) is 3.95. The lowest BCUT2D eigenvalue weighted by Crippen LogP contribution is -2.16. The molecule has 0 bridgehead atoms. The molecule has 6 nitrogen and oxygen atoms in total. The summed E-state index contributed by atoms with van der Waals surface area (Å²) in [6.45, 7) is 0. The average molecular weight is 355 g/mol. The fraction of sp³-hybridized carbons (Fsp3) is 0.0667. The van der Waals surface area contributed by atoms with E-state index in [0.29, 0.717) is 5.69 Å². The number of hydrogen-bond acceptors (Lipinski definition) is 4. The number of carboxylic acids is 1. The normalized spacial score (nSPS) is 11.5. The second-order valence-corrected chi connectivity index (χ2v) is 4.94. The van der Waals surface area contributed by atoms with Gasteiger partial charge in [0.25, 0.3) is 0 Å². The zero-order valence-corrected chi connectivity index (χ0v) is 12.2. The van der Waals surface area contributed by atoms with Crippen LogP contribution in [0.5, 0.6) is 5.75 Å². The first kappa shape index (κ1) is 16.6. The van der Waals surface area contributed by atoms with E-state index in [2.05, 4.69) is 20.0 Å². The van der Waals surface area contributed by atoms with Gasteiger partial charge in [0.15, 0.2) is 0 Å². The van der Waals surface area contributed by atoms with Crippen molar-refractivity contribution in [3.8, 4) is 5.75 Å². The van der Waals surface area contributed by atoms with Crippen LogP contribution in [0.15, 0.2) is 36.4 Å². The first-order valence-corrected chi connectivity index (χ1v) is 6.77. The van der Waals surface area contributed by atoms with Crippen molar-refractivity contribution in [2.24, 2.45) is 0 Å². The molecule has 1 heterocycles. The van der Waals surface area contributed by atoms with E-state index >= 15 is 0 Å². The van der Waals surface area contributed by atoms with Crippen LogP contribution in [-0.4, -0.2) is 27.4 Å². The number of aromatic carboxylic acids is 1. The van der Waals surface area contributed by atoms with Crippen molar-refractivity contribution in [1.82, 2.24) is 9.97 Å². The summed E-state index contributed by atoms with van der Waals surface area (Å²) in [7, 11) is 0. The smallest absolute Gasteiger partial charge is 0.478 e. The summed E-state index contributed by atoms with van der Waals surface area (Å²) < 4.78 is 53.7. The van der Waals surface area contributed by atoms with Crippen LogP contribution in [0.4, 0.5) is 29.2 Å². The maximum Gasteiger partial charge on any atom is 0.573 e. The number of anilines is 2. The van der Waals surface area contributed by atoms with Crippen molar-refractivity contribution in [2.45, 2.75) is 6.36 Å². The lowest BCUT2D eigenvalue weighted by atomic mass is 10.2. The molecule has 3 N–H and O–H groups in total. The average Bonchev–Trinajstić information content (AvgIpc) is 2.88. The molecular formula is C15H9F4N3O3. The Balaban J connectivity index is 1.82. The Morgan fingerprint density at radius 2 is 1.88 bits per heavy atom. The summed E-state index contributed by atoms with van der Waals surface area (Å²) in [5, 5.41) is 11.7. The molecule has 0 atom stereocenters. The van der Waals surface area contributed by atoms with Crippen molar-refractivity contribution >= 4 is 28.6 Å². The van der Waals surface area contributed by atoms with E-state index in [-0.39, 0.29) is 22.7 Å². The number of carbonyl (C=O) groups is 1. The standard InChI is InChI=1S/C15H9F4N3O3/c16-10-6-12-11(5-9(10)13(23)24)21-14(22-12)20-7-1-3-8(4-2-7)25-15(17,18)19/h1-6H,(H,23,24)(H2,20,21,22). The lowest BCUT2D eigenvalue weighted by Gasteiger charge is -2.09. The van der Waals surface area contributed by atoms with Crippen LogP contribution >= 0.6 is 0 Å². The molecule has 3 rings (SSSR count). The lowest BCUT2D eigenvalue weighted by molar-refractivity contribution is -0.274. The van der Waals surface area contributed by atoms with Crippen LogP contribution in [-0.2, 0) is 0 Å². The van der Waals surface area contributed by atoms with Crippen LogP contribution in [0.3, 0.4) is 0 Å². The number of ether oxygens (including phenoxy) is 1. The number of nitrogens with zero attached hydrogens (tertiary/aromatic N) is 1. The molecule has 0 unspecified atom stereocenters. The van der Waals surface area contributed by atoms with Crippen LogP contribution in [0, 0.1) is 5.82 Å². The van der Waals surface area contributed by atoms with Gasteiger partial charge in [-0.1, -0.05) is 0 Å². The number of alkyl halides is 3. The van der Waals surface area contributed by atoms with E-state index in [1.54, 1.807) is 0 Å². The molecule has 0 radical (unpaired) electrons. The molecule has 0 saturated carbocycles. The number of imidazole rings is 1. The summed E-state index contributed by atoms with van der Waals surface area (Å²) in [5.74, 6) is -2.54. The van der Waals surface area contributed by atoms with Crippen LogP contribution in [0.1, 0.15) is 10.4 Å². The summed E-state index contributed by atoms with van der Waals surface area (Å²) >= 11 is 0. The molecule has 0 saturated heterocycles. The third-order valence-electron chi connectivity index (χ3n) is 3.15. The minimum absolute atomic E-state index is 0.168. The van der Waals surface area contributed by atoms with Gasteiger partial charge in [0.05, 0.1) is 16.6 Å². The van der Waals surface area contributed by atoms with E-state index in [1.807, 2.05) is 0 Å². The minimum Gasteiger partial charge on any atom is -0.478 e. The summed E-state index contributed by atoms with van der Waals surface area (Å²) in [6.07, 6.45) is -4.78. The Bertz CT molecular complexity index is 936. The van der Waals surface area contributed by atoms with E-state index in [9.17, 15) is 22.4 Å². The zero-order chi connectivity index (χ0) is 18.2. The minimum atomic E-state index is -4.78. The molecule has 3 aromatic rings. The maximum absolute atomic E-state index is 13.6. The molecule has 0 fully saturated rings. The molecule has 0 amide bonds. The van der Waals surface area contributed by atoms with Gasteiger partial charge in [-0.2, -0.15) is 0 Å². The SMILES string of the molecule is O=C(O)c1cc2nc(Nc3ccc(OC(F)(F)F)cc3)[nH]c2cc1F. The highest BCUT2D eigenvalue weighted by Crippen LogP contribution is 2.26. The number of H-pyrrole nitrogens is 1. The molecule has 0 aliphatic carbocycles. The number of fused-ring (bicyclic) bond motifs is 1. The summed E-state index contributed by atoms with van der Waals surface area (Å²) in [5.41, 5.74) is 0.368. The predicted octanol–water partition coefficient (Wildman–Crippen LogP) is 4.04. The van der Waals surface area contributed by atoms with E-state index in [0.717, 1.165) is 24.3 Å². The van der Waals surface area contributed by atoms with Gasteiger partial charge in [-0.3, -0.25) is 0 Å². The van der Waals surface area contributed by atoms with Crippen molar-refractivity contribution in [1.29, 1.82) is 0 Å². The van der Waals surface area contributed by atoms with Crippen LogP contribution in [0.25, 0.3) is 11.0 Å². The first-order chi connectivity index (χ1) is 11.7. The Hall–Kier alpha value is -3.30. The molecule has 1 aromatic heterocycles. The molecule has 0 aliphatic heterocycles. The summed E-state index contributed by atoms with van der Waals surface area (Å²) in [6, 6.07) is 6.96. The number of benzene rings is 2. The highest BCUT2D eigenvalue weighted by molar-refractivity contribution is 5.93. The second-order valence-electron chi connectivity index (χ2n) is 4.94. The molecule has 0 aliphatic rings. The number of rotatable bonds is 4. The maximum atomic E-state index is 13.6. The highest BCUT2D eigenvalue weighted by atomic mass is 19.4. The topological polar surface area (TPSA) is 87.2 Å². The van der Waals surface area contributed by atoms with Crippen LogP contribution in [0.2, 0.25) is 0 Å². The summed E-state index contributed by atoms with van der Waals surface area (Å²) in [4.78, 5) is 17.7. The molecule has 10 heteroatoms. The fourth-order valence-corrected chi connectivity index (χ4v) is 2.13. The molecule has 2 aromatic carbocycles. The molecule has 0 spiro atoms. The van der Waals surface area contributed by atoms with Crippen molar-refractivity contribution in [3.05, 3.63) is 47.8 Å². The quantitative estimate of drug-likeness (QED) is 0.615. The van der Waals surface area contributed by atoms with E-state index in [4.69, 9.17) is 5.11 Å². The number of carboxylic acid groups (broad SMARTS) is 1. The third kappa shape index (κ3) is 3.79. The fourth-order valence-electron chi connectivity index (χ4n) is 2.13. The van der Waals surface area contributed by atoms with Crippen molar-refractivity contribution in [2.75, 3.05) is 5.32 Å². The van der Waals surface area contributed by atoms with Gasteiger partial charge in [-0.05, 0) is 30.3 Å².